The van der Waals surface area contributed by atoms with Crippen molar-refractivity contribution in [1.82, 2.24) is 0 Å². The van der Waals surface area contributed by atoms with Crippen LogP contribution in [0.5, 0.6) is 0 Å². The van der Waals surface area contributed by atoms with Crippen molar-refractivity contribution in [3.8, 4) is 0 Å². The van der Waals surface area contributed by atoms with E-state index in [1.807, 2.05) is 17.0 Å². The van der Waals surface area contributed by atoms with Gasteiger partial charge in [0, 0.05) is 0 Å². The van der Waals surface area contributed by atoms with E-state index in [0.29, 0.717) is 58.9 Å². The second-order valence-electron chi connectivity index (χ2n) is 14.1. The topological polar surface area (TPSA) is 0 Å². The van der Waals surface area contributed by atoms with Gasteiger partial charge in [-0.3, -0.25) is 0 Å². The molecule has 0 atom stereocenters. The van der Waals surface area contributed by atoms with E-state index in [1.54, 1.807) is 38.1 Å². The first-order valence-electron chi connectivity index (χ1n) is 15.7. The summed E-state index contributed by atoms with van der Waals surface area (Å²) >= 11 is 6.43. The van der Waals surface area contributed by atoms with Gasteiger partial charge in [0.05, 0.1) is 0 Å². The van der Waals surface area contributed by atoms with Crippen molar-refractivity contribution < 1.29 is 0 Å². The molecule has 0 radical (unpaired) electrons. The molecule has 0 fully saturated rings. The molecule has 0 aliphatic heterocycles. The summed E-state index contributed by atoms with van der Waals surface area (Å²) in [5, 5.41) is 3.24. The number of fused-ring (bicyclic) bond motifs is 6. The fourth-order valence-electron chi connectivity index (χ4n) is 9.16. The number of hydrogen-bond acceptors (Lipinski definition) is 2. The SMILES string of the molecule is C[Se]c1c([Si](C(C)C)(C(C)C)C(C)C)[se]c2c1sc1cc3c(cc12)sc1c([Se]C)c([Si](C(C)C)(C(C)C)C(C)C)[se]c13. The Labute approximate surface area is 290 Å². The van der Waals surface area contributed by atoms with Gasteiger partial charge in [-0.2, -0.15) is 0 Å². The van der Waals surface area contributed by atoms with Gasteiger partial charge in [-0.25, -0.2) is 0 Å². The van der Waals surface area contributed by atoms with Crippen LogP contribution in [-0.2, 0) is 0 Å². The van der Waals surface area contributed by atoms with Crippen molar-refractivity contribution in [2.45, 2.75) is 128 Å². The van der Waals surface area contributed by atoms with E-state index in [-0.39, 0.29) is 0 Å². The van der Waals surface area contributed by atoms with Crippen LogP contribution in [0.2, 0.25) is 44.9 Å². The Morgan fingerprint density at radius 2 is 0.810 bits per heavy atom. The molecular weight excluding hydrogens is 845 g/mol. The molecule has 5 aromatic rings. The molecule has 0 spiro atoms. The van der Waals surface area contributed by atoms with Gasteiger partial charge in [0.25, 0.3) is 0 Å². The van der Waals surface area contributed by atoms with Crippen molar-refractivity contribution in [3.05, 3.63) is 12.1 Å². The summed E-state index contributed by atoms with van der Waals surface area (Å²) in [6.45, 7) is 30.7. The van der Waals surface area contributed by atoms with Gasteiger partial charge in [-0.1, -0.05) is 0 Å². The Morgan fingerprint density at radius 3 is 1.05 bits per heavy atom. The van der Waals surface area contributed by atoms with E-state index in [2.05, 4.69) is 130 Å². The third kappa shape index (κ3) is 4.83. The van der Waals surface area contributed by atoms with E-state index in [9.17, 15) is 0 Å². The molecule has 230 valence electrons. The predicted octanol–water partition coefficient (Wildman–Crippen LogP) is 9.06. The molecular formula is C34H50S2Se4Si2. The van der Waals surface area contributed by atoms with Crippen LogP contribution < -0.4 is 17.0 Å². The van der Waals surface area contributed by atoms with Gasteiger partial charge in [-0.15, -0.1) is 0 Å². The normalized spacial score (nSPS) is 14.0. The van der Waals surface area contributed by atoms with Crippen LogP contribution in [0.1, 0.15) is 83.1 Å². The van der Waals surface area contributed by atoms with Crippen LogP contribution in [0.25, 0.3) is 38.1 Å². The summed E-state index contributed by atoms with van der Waals surface area (Å²) in [6.07, 6.45) is 0. The Hall–Kier alpha value is 1.13. The van der Waals surface area contributed by atoms with Gasteiger partial charge >= 0.3 is 293 Å². The molecule has 1 aromatic carbocycles. The van der Waals surface area contributed by atoms with Gasteiger partial charge in [0.2, 0.25) is 0 Å². The van der Waals surface area contributed by atoms with Crippen LogP contribution in [0.3, 0.4) is 0 Å². The van der Waals surface area contributed by atoms with Crippen molar-refractivity contribution in [1.29, 1.82) is 0 Å². The van der Waals surface area contributed by atoms with Crippen molar-refractivity contribution in [2.24, 2.45) is 0 Å². The van der Waals surface area contributed by atoms with Crippen LogP contribution in [0, 0.1) is 0 Å². The Balaban J connectivity index is 1.80. The van der Waals surface area contributed by atoms with Crippen molar-refractivity contribution in [3.63, 3.8) is 0 Å². The molecule has 4 heterocycles. The summed E-state index contributed by atoms with van der Waals surface area (Å²) < 4.78 is 17.8. The van der Waals surface area contributed by atoms with E-state index in [4.69, 9.17) is 0 Å². The molecule has 0 bridgehead atoms. The molecule has 0 unspecified atom stereocenters. The van der Waals surface area contributed by atoms with Crippen LogP contribution in [-0.4, -0.2) is 75.1 Å². The average Bonchev–Trinajstić information content (AvgIpc) is 3.60. The predicted molar refractivity (Wildman–Crippen MR) is 210 cm³/mol. The fourth-order valence-corrected chi connectivity index (χ4v) is 51.4. The zero-order valence-corrected chi connectivity index (χ0v) is 38.6. The molecule has 0 saturated heterocycles. The van der Waals surface area contributed by atoms with Crippen LogP contribution >= 0.6 is 22.7 Å². The van der Waals surface area contributed by atoms with Crippen LogP contribution in [0.4, 0.5) is 0 Å². The first-order valence-corrected chi connectivity index (χ1v) is 30.3. The second-order valence-corrected chi connectivity index (χ2v) is 37.2. The maximum atomic E-state index is 2.67. The van der Waals surface area contributed by atoms with E-state index in [0.717, 1.165) is 33.2 Å². The van der Waals surface area contributed by atoms with E-state index >= 15 is 0 Å². The molecule has 4 aromatic heterocycles. The number of hydrogen-bond donors (Lipinski definition) is 0. The van der Waals surface area contributed by atoms with Gasteiger partial charge < -0.3 is 0 Å². The number of thiophene rings is 2. The van der Waals surface area contributed by atoms with Gasteiger partial charge in [-0.05, 0) is 0 Å². The molecule has 0 N–H and O–H groups in total. The fraction of sp³-hybridized carbons (Fsp3) is 0.588. The Morgan fingerprint density at radius 1 is 0.524 bits per heavy atom. The molecule has 0 nitrogen and oxygen atoms in total. The summed E-state index contributed by atoms with van der Waals surface area (Å²) in [6, 6.07) is 5.34. The van der Waals surface area contributed by atoms with Crippen molar-refractivity contribution in [2.75, 3.05) is 0 Å². The second kappa shape index (κ2) is 12.6. The zero-order chi connectivity index (χ0) is 31.0. The molecule has 0 amide bonds. The van der Waals surface area contributed by atoms with E-state index < -0.39 is 16.1 Å². The number of benzene rings is 1. The molecule has 0 saturated carbocycles. The molecule has 0 aliphatic rings. The third-order valence-corrected chi connectivity index (χ3v) is 43.0. The quantitative estimate of drug-likeness (QED) is 0.123. The molecule has 5 rings (SSSR count). The summed E-state index contributed by atoms with van der Waals surface area (Å²) in [5.41, 5.74) is 4.80. The first kappa shape index (κ1) is 34.5. The monoisotopic (exact) mass is 898 g/mol. The standard InChI is InChI=1S/C34H50S2Se4Si2/c1-17(2)41(18(3)4,19(5)6)33-31(37-13)27-29(39-33)23-15-26-24(16-25(23)35-27)30-28(36-26)32(38-14)34(40-30)42(20(7)8,21(9)10)22(11)12/h15-22H,1-14H3. The zero-order valence-electron chi connectivity index (χ0n) is 28.1. The van der Waals surface area contributed by atoms with E-state index in [1.165, 1.54) is 0 Å². The molecule has 8 heteroatoms. The Bertz CT molecular complexity index is 1570. The summed E-state index contributed by atoms with van der Waals surface area (Å²) in [7, 11) is -3.23. The minimum absolute atomic E-state index is 0.491. The van der Waals surface area contributed by atoms with Crippen LogP contribution in [0.15, 0.2) is 12.1 Å². The minimum atomic E-state index is -1.62. The van der Waals surface area contributed by atoms with Gasteiger partial charge in [0.15, 0.2) is 0 Å². The number of rotatable bonds is 10. The van der Waals surface area contributed by atoms with Crippen molar-refractivity contribution >= 4 is 153 Å². The summed E-state index contributed by atoms with van der Waals surface area (Å²) in [4.78, 5) is 0. The molecule has 0 aliphatic carbocycles. The summed E-state index contributed by atoms with van der Waals surface area (Å²) in [5.74, 6) is 5.00. The maximum absolute atomic E-state index is 2.67. The van der Waals surface area contributed by atoms with Gasteiger partial charge in [0.1, 0.15) is 0 Å². The third-order valence-electron chi connectivity index (χ3n) is 10.6. The average molecular weight is 895 g/mol. The first-order chi connectivity index (χ1) is 19.7. The Kier molecular flexibility index (Phi) is 10.4. The molecule has 42 heavy (non-hydrogen) atoms.